The second-order valence-corrected chi connectivity index (χ2v) is 30.2. The van der Waals surface area contributed by atoms with Crippen molar-refractivity contribution in [2.75, 3.05) is 0 Å². The van der Waals surface area contributed by atoms with Crippen LogP contribution in [0.25, 0.3) is 0 Å². The molecule has 2 fully saturated rings. The Hall–Kier alpha value is 0.976. The number of rotatable bonds is 12. The van der Waals surface area contributed by atoms with Crippen LogP contribution >= 0.6 is 0 Å². The average molecular weight is 501 g/mol. The van der Waals surface area contributed by atoms with Gasteiger partial charge in [0.2, 0.25) is 0 Å². The Bertz CT molecular complexity index is 434. The van der Waals surface area contributed by atoms with E-state index in [1.807, 2.05) is 0 Å². The molecule has 1 nitrogen and oxygen atoms in total. The van der Waals surface area contributed by atoms with Crippen molar-refractivity contribution in [3.05, 3.63) is 0 Å². The molecule has 0 unspecified atom stereocenters. The molecular formula is C24H50OSiSn. The summed E-state index contributed by atoms with van der Waals surface area (Å²) in [7, 11) is -1.63. The van der Waals surface area contributed by atoms with E-state index >= 15 is 0 Å². The molecule has 0 spiro atoms. The summed E-state index contributed by atoms with van der Waals surface area (Å²) in [6.07, 6.45) is 12.3. The van der Waals surface area contributed by atoms with E-state index in [1.54, 1.807) is 13.3 Å². The van der Waals surface area contributed by atoms with Gasteiger partial charge in [-0.2, -0.15) is 0 Å². The van der Waals surface area contributed by atoms with Gasteiger partial charge < -0.3 is 0 Å². The third kappa shape index (κ3) is 5.57. The van der Waals surface area contributed by atoms with Crippen LogP contribution in [0.4, 0.5) is 0 Å². The molecule has 3 heteroatoms. The Morgan fingerprint density at radius 1 is 0.852 bits per heavy atom. The molecule has 2 rings (SSSR count). The minimum absolute atomic E-state index is 0.350. The number of hydrogen-bond acceptors (Lipinski definition) is 1. The molecule has 0 radical (unpaired) electrons. The average Bonchev–Trinajstić information content (AvgIpc) is 3.20. The molecule has 0 amide bonds. The van der Waals surface area contributed by atoms with Crippen LogP contribution in [0.15, 0.2) is 0 Å². The van der Waals surface area contributed by atoms with Crippen molar-refractivity contribution in [1.82, 2.24) is 0 Å². The molecular weight excluding hydrogens is 451 g/mol. The summed E-state index contributed by atoms with van der Waals surface area (Å²) < 4.78 is 13.3. The van der Waals surface area contributed by atoms with Gasteiger partial charge in [-0.15, -0.1) is 0 Å². The summed E-state index contributed by atoms with van der Waals surface area (Å²) >= 11 is -2.06. The van der Waals surface area contributed by atoms with E-state index in [0.29, 0.717) is 11.1 Å². The van der Waals surface area contributed by atoms with Crippen molar-refractivity contribution in [3.8, 4) is 0 Å². The maximum atomic E-state index is 7.03. The third-order valence-corrected chi connectivity index (χ3v) is 30.9. The van der Waals surface area contributed by atoms with Crippen molar-refractivity contribution in [3.63, 3.8) is 0 Å². The Kier molecular flexibility index (Phi) is 8.85. The van der Waals surface area contributed by atoms with Gasteiger partial charge in [-0.05, 0) is 0 Å². The summed E-state index contributed by atoms with van der Waals surface area (Å²) in [6, 6.07) is 0. The Morgan fingerprint density at radius 2 is 1.33 bits per heavy atom. The second kappa shape index (κ2) is 9.86. The number of unbranched alkanes of at least 4 members (excludes halogenated alkanes) is 3. The molecule has 0 aromatic carbocycles. The summed E-state index contributed by atoms with van der Waals surface area (Å²) in [4.78, 5) is 0. The summed E-state index contributed by atoms with van der Waals surface area (Å²) in [6.45, 7) is 19.4. The van der Waals surface area contributed by atoms with E-state index in [9.17, 15) is 0 Å². The van der Waals surface area contributed by atoms with Crippen LogP contribution in [0, 0.1) is 11.8 Å². The SMILES string of the molecule is CCC[CH2][Sn]([CH2]CCC)([CH2]CCC)[C@H]1[C@@H]2CC[C@@H](O[Si](C)(C)C(C)(C)C)[C@@H]21. The fraction of sp³-hybridized carbons (Fsp3) is 1.00. The van der Waals surface area contributed by atoms with E-state index in [4.69, 9.17) is 4.43 Å². The van der Waals surface area contributed by atoms with Gasteiger partial charge in [0.1, 0.15) is 0 Å². The van der Waals surface area contributed by atoms with Crippen LogP contribution in [0.3, 0.4) is 0 Å². The normalized spacial score (nSPS) is 28.4. The van der Waals surface area contributed by atoms with Crippen LogP contribution in [-0.2, 0) is 4.43 Å². The van der Waals surface area contributed by atoms with Crippen LogP contribution < -0.4 is 0 Å². The van der Waals surface area contributed by atoms with Gasteiger partial charge in [0.15, 0.2) is 0 Å². The molecule has 0 saturated heterocycles. The van der Waals surface area contributed by atoms with Crippen LogP contribution in [0.5, 0.6) is 0 Å². The van der Waals surface area contributed by atoms with Crippen molar-refractivity contribution >= 4 is 26.7 Å². The molecule has 0 aromatic heterocycles. The van der Waals surface area contributed by atoms with Crippen molar-refractivity contribution < 1.29 is 4.43 Å². The summed E-state index contributed by atoms with van der Waals surface area (Å²) in [5.41, 5.74) is 0. The molecule has 0 aromatic rings. The van der Waals surface area contributed by atoms with Crippen LogP contribution in [-0.4, -0.2) is 32.8 Å². The molecule has 27 heavy (non-hydrogen) atoms. The van der Waals surface area contributed by atoms with Crippen molar-refractivity contribution in [1.29, 1.82) is 0 Å². The van der Waals surface area contributed by atoms with Crippen LogP contribution in [0.2, 0.25) is 35.4 Å². The van der Waals surface area contributed by atoms with Gasteiger partial charge >= 0.3 is 177 Å². The first-order chi connectivity index (χ1) is 12.6. The van der Waals surface area contributed by atoms with E-state index in [-0.39, 0.29) is 0 Å². The fourth-order valence-corrected chi connectivity index (χ4v) is 28.3. The molecule has 0 aliphatic heterocycles. The van der Waals surface area contributed by atoms with Gasteiger partial charge in [-0.3, -0.25) is 0 Å². The van der Waals surface area contributed by atoms with Crippen molar-refractivity contribution in [2.45, 2.75) is 134 Å². The zero-order valence-corrected chi connectivity index (χ0v) is 23.8. The number of fused-ring (bicyclic) bond motifs is 1. The van der Waals surface area contributed by atoms with E-state index < -0.39 is 26.7 Å². The summed E-state index contributed by atoms with van der Waals surface area (Å²) in [5, 5.41) is 0.350. The summed E-state index contributed by atoms with van der Waals surface area (Å²) in [5.74, 6) is 2.07. The fourth-order valence-electron chi connectivity index (χ4n) is 5.85. The van der Waals surface area contributed by atoms with Gasteiger partial charge in [0.05, 0.1) is 0 Å². The van der Waals surface area contributed by atoms with Crippen LogP contribution in [0.1, 0.15) is 92.9 Å². The van der Waals surface area contributed by atoms with E-state index in [1.165, 1.54) is 55.3 Å². The van der Waals surface area contributed by atoms with Gasteiger partial charge in [-0.1, -0.05) is 0 Å². The van der Waals surface area contributed by atoms with E-state index in [2.05, 4.69) is 54.6 Å². The molecule has 2 aliphatic rings. The second-order valence-electron chi connectivity index (χ2n) is 11.4. The topological polar surface area (TPSA) is 9.23 Å². The van der Waals surface area contributed by atoms with Gasteiger partial charge in [0, 0.05) is 0 Å². The molecule has 0 N–H and O–H groups in total. The van der Waals surface area contributed by atoms with E-state index in [0.717, 1.165) is 11.8 Å². The monoisotopic (exact) mass is 502 g/mol. The zero-order chi connectivity index (χ0) is 20.3. The zero-order valence-electron chi connectivity index (χ0n) is 20.0. The first-order valence-electron chi connectivity index (χ1n) is 12.3. The predicted molar refractivity (Wildman–Crippen MR) is 127 cm³/mol. The standard InChI is InChI=1S/C12H23OSi.3C4H9.Sn/c1-12(2,3)14(4,5)13-11-7-6-9-8-10(9)11;3*1-3-4-2;/h8-11H,6-7H2,1-5H3;3*1,3-4H2,2H3;/t9-,10+,11+;;;;/m0..../s1. The first-order valence-corrected chi connectivity index (χ1v) is 22.9. The maximum absolute atomic E-state index is 7.03. The molecule has 0 heterocycles. The third-order valence-electron chi connectivity index (χ3n) is 8.49. The Labute approximate surface area is 176 Å². The molecule has 160 valence electrons. The minimum atomic E-state index is -2.06. The van der Waals surface area contributed by atoms with Crippen molar-refractivity contribution in [2.24, 2.45) is 11.8 Å². The molecule has 2 saturated carbocycles. The van der Waals surface area contributed by atoms with Gasteiger partial charge in [0.25, 0.3) is 0 Å². The molecule has 0 bridgehead atoms. The predicted octanol–water partition coefficient (Wildman–Crippen LogP) is 8.64. The quantitative estimate of drug-likeness (QED) is 0.243. The number of hydrogen-bond donors (Lipinski definition) is 0. The molecule has 2 aliphatic carbocycles. The van der Waals surface area contributed by atoms with Gasteiger partial charge in [-0.25, -0.2) is 0 Å². The Balaban J connectivity index is 2.15. The molecule has 4 atom stereocenters. The Morgan fingerprint density at radius 3 is 1.74 bits per heavy atom. The first kappa shape index (κ1) is 24.2.